The molecule has 0 unspecified atom stereocenters. The molecule has 0 aromatic heterocycles. The zero-order valence-electron chi connectivity index (χ0n) is 15.4. The van der Waals surface area contributed by atoms with Gasteiger partial charge in [-0.3, -0.25) is 4.99 Å². The van der Waals surface area contributed by atoms with Gasteiger partial charge in [0, 0.05) is 28.6 Å². The van der Waals surface area contributed by atoms with E-state index < -0.39 is 0 Å². The van der Waals surface area contributed by atoms with Gasteiger partial charge in [-0.25, -0.2) is 0 Å². The van der Waals surface area contributed by atoms with Gasteiger partial charge in [-0.15, -0.1) is 0 Å². The molecule has 2 saturated heterocycles. The fourth-order valence-electron chi connectivity index (χ4n) is 3.57. The Morgan fingerprint density at radius 1 is 1.31 bits per heavy atom. The fraction of sp³-hybridized carbons (Fsp3) is 0.550. The third kappa shape index (κ3) is 4.22. The minimum atomic E-state index is 0.400. The molecule has 0 N–H and O–H groups in total. The largest absolute Gasteiger partial charge is 0.493 e. The van der Waals surface area contributed by atoms with Gasteiger partial charge in [0.05, 0.1) is 32.6 Å². The first-order valence-electron chi connectivity index (χ1n) is 9.03. The van der Waals surface area contributed by atoms with Crippen molar-refractivity contribution in [1.82, 2.24) is 4.90 Å². The average molecular weight is 379 g/mol. The summed E-state index contributed by atoms with van der Waals surface area (Å²) in [6.07, 6.45) is 3.47. The minimum absolute atomic E-state index is 0.400. The maximum atomic E-state index is 6.02. The standard InChI is InChI=1S/C20H27ClN2O3/c1-15(21)16-11-18(24-3)19(12-17(16)22-2)26-10-4-7-23-8-5-20(6-9-23)13-25-14-20/h11-12H,1-2,4-10,13-14H2,3H3. The quantitative estimate of drug-likeness (QED) is 0.504. The van der Waals surface area contributed by atoms with Crippen LogP contribution in [0.1, 0.15) is 24.8 Å². The van der Waals surface area contributed by atoms with E-state index in [1.165, 1.54) is 12.8 Å². The van der Waals surface area contributed by atoms with Crippen LogP contribution >= 0.6 is 11.6 Å². The summed E-state index contributed by atoms with van der Waals surface area (Å²) < 4.78 is 16.7. The average Bonchev–Trinajstić information content (AvgIpc) is 2.63. The number of piperidine rings is 1. The predicted molar refractivity (Wildman–Crippen MR) is 106 cm³/mol. The molecule has 1 spiro atoms. The number of likely N-dealkylation sites (tertiary alicyclic amines) is 1. The first kappa shape index (κ1) is 19.2. The van der Waals surface area contributed by atoms with Crippen molar-refractivity contribution < 1.29 is 14.2 Å². The van der Waals surface area contributed by atoms with Gasteiger partial charge in [0.1, 0.15) is 0 Å². The fourth-order valence-corrected chi connectivity index (χ4v) is 3.72. The van der Waals surface area contributed by atoms with Gasteiger partial charge in [-0.2, -0.15) is 0 Å². The topological polar surface area (TPSA) is 43.3 Å². The van der Waals surface area contributed by atoms with Crippen LogP contribution < -0.4 is 9.47 Å². The highest BCUT2D eigenvalue weighted by atomic mass is 35.5. The van der Waals surface area contributed by atoms with E-state index in [4.69, 9.17) is 25.8 Å². The van der Waals surface area contributed by atoms with Crippen molar-refractivity contribution in [3.8, 4) is 11.5 Å². The SMILES string of the molecule is C=Nc1cc(OCCCN2CCC3(CC2)COC3)c(OC)cc1C(=C)Cl. The second-order valence-electron chi connectivity index (χ2n) is 7.12. The second kappa shape index (κ2) is 8.42. The number of aliphatic imine (C=N–C) groups is 1. The number of ether oxygens (including phenoxy) is 3. The molecule has 0 saturated carbocycles. The van der Waals surface area contributed by atoms with E-state index in [2.05, 4.69) is 23.2 Å². The van der Waals surface area contributed by atoms with Gasteiger partial charge < -0.3 is 19.1 Å². The molecule has 0 bridgehead atoms. The smallest absolute Gasteiger partial charge is 0.163 e. The molecule has 1 aromatic carbocycles. The number of hydrogen-bond acceptors (Lipinski definition) is 5. The van der Waals surface area contributed by atoms with Gasteiger partial charge in [-0.05, 0) is 45.1 Å². The molecule has 0 atom stereocenters. The molecule has 3 rings (SSSR count). The van der Waals surface area contributed by atoms with E-state index in [0.29, 0.717) is 39.8 Å². The number of nitrogens with zero attached hydrogens (tertiary/aromatic N) is 2. The molecular weight excluding hydrogens is 352 g/mol. The van der Waals surface area contributed by atoms with E-state index in [-0.39, 0.29) is 0 Å². The Balaban J connectivity index is 1.50. The Bertz CT molecular complexity index is 663. The molecule has 1 aromatic rings. The van der Waals surface area contributed by atoms with E-state index >= 15 is 0 Å². The lowest BCUT2D eigenvalue weighted by molar-refractivity contribution is -0.139. The lowest BCUT2D eigenvalue weighted by atomic mass is 9.77. The molecule has 2 heterocycles. The van der Waals surface area contributed by atoms with Crippen LogP contribution in [0, 0.1) is 5.41 Å². The Hall–Kier alpha value is -1.56. The van der Waals surface area contributed by atoms with Crippen molar-refractivity contribution >= 4 is 29.0 Å². The third-order valence-corrected chi connectivity index (χ3v) is 5.56. The van der Waals surface area contributed by atoms with Crippen LogP contribution in [0.5, 0.6) is 11.5 Å². The molecule has 0 amide bonds. The molecular formula is C20H27ClN2O3. The lowest BCUT2D eigenvalue weighted by Crippen LogP contribution is -2.51. The molecule has 5 nitrogen and oxygen atoms in total. The number of benzene rings is 1. The molecule has 2 fully saturated rings. The van der Waals surface area contributed by atoms with E-state index in [1.54, 1.807) is 19.2 Å². The number of hydrogen-bond donors (Lipinski definition) is 0. The molecule has 2 aliphatic heterocycles. The number of methoxy groups -OCH3 is 1. The third-order valence-electron chi connectivity index (χ3n) is 5.35. The monoisotopic (exact) mass is 378 g/mol. The van der Waals surface area contributed by atoms with Gasteiger partial charge >= 0.3 is 0 Å². The molecule has 26 heavy (non-hydrogen) atoms. The van der Waals surface area contributed by atoms with Gasteiger partial charge in [-0.1, -0.05) is 18.2 Å². The van der Waals surface area contributed by atoms with Gasteiger partial charge in [0.15, 0.2) is 11.5 Å². The van der Waals surface area contributed by atoms with Crippen molar-refractivity contribution in [3.63, 3.8) is 0 Å². The van der Waals surface area contributed by atoms with Crippen LogP contribution in [0.3, 0.4) is 0 Å². The summed E-state index contributed by atoms with van der Waals surface area (Å²) in [6, 6.07) is 3.59. The van der Waals surface area contributed by atoms with Crippen LogP contribution in [0.15, 0.2) is 23.7 Å². The van der Waals surface area contributed by atoms with Gasteiger partial charge in [0.25, 0.3) is 0 Å². The van der Waals surface area contributed by atoms with Crippen molar-refractivity contribution in [2.75, 3.05) is 46.6 Å². The summed E-state index contributed by atoms with van der Waals surface area (Å²) in [5.74, 6) is 1.28. The Morgan fingerprint density at radius 2 is 2.04 bits per heavy atom. The van der Waals surface area contributed by atoms with E-state index in [9.17, 15) is 0 Å². The Morgan fingerprint density at radius 3 is 2.58 bits per heavy atom. The van der Waals surface area contributed by atoms with Crippen molar-refractivity contribution in [3.05, 3.63) is 24.3 Å². The van der Waals surface area contributed by atoms with E-state index in [0.717, 1.165) is 39.3 Å². The molecule has 6 heteroatoms. The van der Waals surface area contributed by atoms with E-state index in [1.807, 2.05) is 0 Å². The zero-order chi connectivity index (χ0) is 18.6. The molecule has 142 valence electrons. The maximum Gasteiger partial charge on any atom is 0.163 e. The minimum Gasteiger partial charge on any atom is -0.493 e. The number of halogens is 1. The first-order chi connectivity index (χ1) is 12.6. The van der Waals surface area contributed by atoms with Gasteiger partial charge in [0.2, 0.25) is 0 Å². The van der Waals surface area contributed by atoms with Crippen molar-refractivity contribution in [2.24, 2.45) is 10.4 Å². The van der Waals surface area contributed by atoms with Crippen LogP contribution in [-0.2, 0) is 4.74 Å². The van der Waals surface area contributed by atoms with Crippen molar-refractivity contribution in [2.45, 2.75) is 19.3 Å². The lowest BCUT2D eigenvalue weighted by Gasteiger charge is -2.47. The summed E-state index contributed by atoms with van der Waals surface area (Å²) in [6.45, 7) is 13.2. The first-order valence-corrected chi connectivity index (χ1v) is 9.41. The zero-order valence-corrected chi connectivity index (χ0v) is 16.2. The maximum absolute atomic E-state index is 6.02. The Labute approximate surface area is 160 Å². The molecule has 2 aliphatic rings. The molecule has 0 aliphatic carbocycles. The van der Waals surface area contributed by atoms with Crippen LogP contribution in [0.2, 0.25) is 0 Å². The van der Waals surface area contributed by atoms with Crippen LogP contribution in [0.4, 0.5) is 5.69 Å². The highest BCUT2D eigenvalue weighted by molar-refractivity contribution is 6.48. The summed E-state index contributed by atoms with van der Waals surface area (Å²) in [5.41, 5.74) is 1.83. The highest BCUT2D eigenvalue weighted by Gasteiger charge is 2.40. The summed E-state index contributed by atoms with van der Waals surface area (Å²) in [5, 5.41) is 0.400. The molecule has 0 radical (unpaired) electrons. The predicted octanol–water partition coefficient (Wildman–Crippen LogP) is 4.12. The second-order valence-corrected chi connectivity index (χ2v) is 7.58. The summed E-state index contributed by atoms with van der Waals surface area (Å²) in [4.78, 5) is 6.52. The Kier molecular flexibility index (Phi) is 6.22. The summed E-state index contributed by atoms with van der Waals surface area (Å²) >= 11 is 6.02. The highest BCUT2D eigenvalue weighted by Crippen LogP contribution is 2.39. The number of rotatable bonds is 8. The van der Waals surface area contributed by atoms with Crippen molar-refractivity contribution in [1.29, 1.82) is 0 Å². The van der Waals surface area contributed by atoms with Crippen LogP contribution in [0.25, 0.3) is 5.03 Å². The van der Waals surface area contributed by atoms with Crippen LogP contribution in [-0.4, -0.2) is 58.2 Å². The normalized spacial score (nSPS) is 19.0. The summed E-state index contributed by atoms with van der Waals surface area (Å²) in [7, 11) is 1.61.